The number of hydrogen-bond donors (Lipinski definition) is 1. The molecular formula is C35H42N2O4. The summed E-state index contributed by atoms with van der Waals surface area (Å²) < 4.78 is 6.10. The SMILES string of the molecule is C=CCN1CC[C@@]2(c3cccc(O)c3)C[C@@H](N(CC(C)C)C(=O)c3ccc4ccccc4c3)CC(OC(C)=O)[C@@H]2C1. The third kappa shape index (κ3) is 6.03. The summed E-state index contributed by atoms with van der Waals surface area (Å²) >= 11 is 0. The average molecular weight is 555 g/mol. The maximum absolute atomic E-state index is 14.3. The molecule has 216 valence electrons. The molecule has 1 unspecified atom stereocenters. The van der Waals surface area contributed by atoms with E-state index >= 15 is 0 Å². The monoisotopic (exact) mass is 554 g/mol. The fourth-order valence-corrected chi connectivity index (χ4v) is 7.25. The second-order valence-corrected chi connectivity index (χ2v) is 12.3. The average Bonchev–Trinajstić information content (AvgIpc) is 2.95. The number of rotatable bonds is 8. The number of phenolic OH excluding ortho intramolecular Hbond substituents is 1. The van der Waals surface area contributed by atoms with Gasteiger partial charge >= 0.3 is 5.97 Å². The van der Waals surface area contributed by atoms with Crippen molar-refractivity contribution in [1.82, 2.24) is 9.80 Å². The van der Waals surface area contributed by atoms with Crippen LogP contribution in [-0.2, 0) is 14.9 Å². The Balaban J connectivity index is 1.58. The largest absolute Gasteiger partial charge is 0.508 e. The van der Waals surface area contributed by atoms with Crippen LogP contribution in [0.3, 0.4) is 0 Å². The number of amides is 1. The van der Waals surface area contributed by atoms with Crippen LogP contribution >= 0.6 is 0 Å². The van der Waals surface area contributed by atoms with Crippen LogP contribution < -0.4 is 0 Å². The van der Waals surface area contributed by atoms with Crippen molar-refractivity contribution >= 4 is 22.6 Å². The lowest BCUT2D eigenvalue weighted by molar-refractivity contribution is -0.158. The molecule has 0 spiro atoms. The molecule has 5 rings (SSSR count). The number of carbonyl (C=O) groups excluding carboxylic acids is 2. The molecule has 1 saturated heterocycles. The van der Waals surface area contributed by atoms with E-state index in [1.807, 2.05) is 59.5 Å². The van der Waals surface area contributed by atoms with Crippen molar-refractivity contribution in [2.24, 2.45) is 11.8 Å². The van der Waals surface area contributed by atoms with E-state index < -0.39 is 0 Å². The number of ether oxygens (including phenoxy) is 1. The number of nitrogens with zero attached hydrogens (tertiary/aromatic N) is 2. The van der Waals surface area contributed by atoms with Gasteiger partial charge in [0.1, 0.15) is 11.9 Å². The molecule has 0 bridgehead atoms. The Hall–Kier alpha value is -3.64. The third-order valence-corrected chi connectivity index (χ3v) is 8.98. The summed E-state index contributed by atoms with van der Waals surface area (Å²) in [6.45, 7) is 12.7. The van der Waals surface area contributed by atoms with Crippen molar-refractivity contribution in [1.29, 1.82) is 0 Å². The number of benzene rings is 3. The highest BCUT2D eigenvalue weighted by Gasteiger charge is 2.54. The van der Waals surface area contributed by atoms with Gasteiger partial charge < -0.3 is 14.7 Å². The molecule has 1 saturated carbocycles. The summed E-state index contributed by atoms with van der Waals surface area (Å²) in [6, 6.07) is 21.4. The van der Waals surface area contributed by atoms with Gasteiger partial charge in [-0.25, -0.2) is 0 Å². The Bertz CT molecular complexity index is 1420. The fraction of sp³-hybridized carbons (Fsp3) is 0.429. The third-order valence-electron chi connectivity index (χ3n) is 8.98. The summed E-state index contributed by atoms with van der Waals surface area (Å²) in [4.78, 5) is 31.1. The molecule has 0 radical (unpaired) electrons. The number of aromatic hydroxyl groups is 1. The highest BCUT2D eigenvalue weighted by atomic mass is 16.5. The van der Waals surface area contributed by atoms with E-state index in [9.17, 15) is 14.7 Å². The lowest BCUT2D eigenvalue weighted by atomic mass is 9.56. The Morgan fingerprint density at radius 2 is 1.90 bits per heavy atom. The van der Waals surface area contributed by atoms with Crippen LogP contribution in [0.1, 0.15) is 56.0 Å². The van der Waals surface area contributed by atoms with Crippen LogP contribution in [0, 0.1) is 11.8 Å². The molecular weight excluding hydrogens is 512 g/mol. The molecule has 1 aliphatic carbocycles. The van der Waals surface area contributed by atoms with Crippen molar-refractivity contribution in [2.45, 2.75) is 57.6 Å². The number of phenols is 1. The lowest BCUT2D eigenvalue weighted by Gasteiger charge is -2.56. The number of likely N-dealkylation sites (tertiary alicyclic amines) is 1. The molecule has 6 nitrogen and oxygen atoms in total. The van der Waals surface area contributed by atoms with Crippen LogP contribution in [0.25, 0.3) is 10.8 Å². The minimum absolute atomic E-state index is 0.00429. The normalized spacial score (nSPS) is 24.5. The molecule has 1 amide bonds. The number of fused-ring (bicyclic) bond motifs is 2. The summed E-state index contributed by atoms with van der Waals surface area (Å²) in [5, 5.41) is 12.7. The van der Waals surface area contributed by atoms with Crippen molar-refractivity contribution in [3.8, 4) is 5.75 Å². The summed E-state index contributed by atoms with van der Waals surface area (Å²) in [5.74, 6) is 0.203. The van der Waals surface area contributed by atoms with Gasteiger partial charge in [-0.3, -0.25) is 14.5 Å². The van der Waals surface area contributed by atoms with Gasteiger partial charge in [-0.2, -0.15) is 0 Å². The molecule has 1 aliphatic heterocycles. The predicted octanol–water partition coefficient (Wildman–Crippen LogP) is 6.18. The van der Waals surface area contributed by atoms with E-state index in [-0.39, 0.29) is 47.0 Å². The molecule has 0 aromatic heterocycles. The summed E-state index contributed by atoms with van der Waals surface area (Å²) in [5.41, 5.74) is 1.35. The molecule has 3 aromatic carbocycles. The first-order valence-corrected chi connectivity index (χ1v) is 14.8. The van der Waals surface area contributed by atoms with Gasteiger partial charge in [-0.15, -0.1) is 6.58 Å². The smallest absolute Gasteiger partial charge is 0.302 e. The van der Waals surface area contributed by atoms with Crippen LogP contribution in [0.2, 0.25) is 0 Å². The fourth-order valence-electron chi connectivity index (χ4n) is 7.25. The lowest BCUT2D eigenvalue weighted by Crippen LogP contribution is -2.62. The van der Waals surface area contributed by atoms with Gasteiger partial charge in [-0.05, 0) is 65.9 Å². The molecule has 6 heteroatoms. The minimum Gasteiger partial charge on any atom is -0.508 e. The Kier molecular flexibility index (Phi) is 8.50. The Morgan fingerprint density at radius 1 is 1.12 bits per heavy atom. The molecule has 1 heterocycles. The predicted molar refractivity (Wildman–Crippen MR) is 163 cm³/mol. The highest BCUT2D eigenvalue weighted by Crippen LogP contribution is 2.51. The van der Waals surface area contributed by atoms with Gasteiger partial charge in [0.25, 0.3) is 5.91 Å². The second-order valence-electron chi connectivity index (χ2n) is 12.3. The Labute approximate surface area is 243 Å². The topological polar surface area (TPSA) is 70.1 Å². The molecule has 2 aliphatic rings. The summed E-state index contributed by atoms with van der Waals surface area (Å²) in [6.07, 6.45) is 3.72. The maximum atomic E-state index is 14.3. The van der Waals surface area contributed by atoms with E-state index in [0.29, 0.717) is 18.5 Å². The number of carbonyl (C=O) groups is 2. The first kappa shape index (κ1) is 28.9. The first-order chi connectivity index (χ1) is 19.7. The van der Waals surface area contributed by atoms with E-state index in [0.717, 1.165) is 48.8 Å². The van der Waals surface area contributed by atoms with Crippen molar-refractivity contribution < 1.29 is 19.4 Å². The zero-order valence-electron chi connectivity index (χ0n) is 24.5. The van der Waals surface area contributed by atoms with Crippen LogP contribution in [0.5, 0.6) is 5.75 Å². The first-order valence-electron chi connectivity index (χ1n) is 14.8. The molecule has 2 fully saturated rings. The molecule has 3 aromatic rings. The van der Waals surface area contributed by atoms with E-state index in [1.54, 1.807) is 6.07 Å². The van der Waals surface area contributed by atoms with Gasteiger partial charge in [0.05, 0.1) is 0 Å². The van der Waals surface area contributed by atoms with Gasteiger partial charge in [0.2, 0.25) is 0 Å². The van der Waals surface area contributed by atoms with E-state index in [1.165, 1.54) is 6.92 Å². The van der Waals surface area contributed by atoms with Gasteiger partial charge in [-0.1, -0.05) is 62.4 Å². The van der Waals surface area contributed by atoms with Crippen LogP contribution in [-0.4, -0.2) is 65.1 Å². The van der Waals surface area contributed by atoms with Gasteiger partial charge in [0, 0.05) is 55.9 Å². The minimum atomic E-state index is -0.363. The van der Waals surface area contributed by atoms with Crippen molar-refractivity contribution in [3.05, 3.63) is 90.5 Å². The Morgan fingerprint density at radius 3 is 2.61 bits per heavy atom. The quantitative estimate of drug-likeness (QED) is 0.266. The van der Waals surface area contributed by atoms with Crippen LogP contribution in [0.4, 0.5) is 0 Å². The van der Waals surface area contributed by atoms with Crippen LogP contribution in [0.15, 0.2) is 79.4 Å². The molecule has 41 heavy (non-hydrogen) atoms. The zero-order chi connectivity index (χ0) is 29.1. The maximum Gasteiger partial charge on any atom is 0.302 e. The summed E-state index contributed by atoms with van der Waals surface area (Å²) in [7, 11) is 0. The van der Waals surface area contributed by atoms with Gasteiger partial charge in [0.15, 0.2) is 0 Å². The van der Waals surface area contributed by atoms with E-state index in [2.05, 4.69) is 37.5 Å². The second kappa shape index (κ2) is 12.1. The zero-order valence-corrected chi connectivity index (χ0v) is 24.5. The number of hydrogen-bond acceptors (Lipinski definition) is 5. The van der Waals surface area contributed by atoms with Crippen molar-refractivity contribution in [3.63, 3.8) is 0 Å². The number of piperidine rings is 1. The van der Waals surface area contributed by atoms with Crippen molar-refractivity contribution in [2.75, 3.05) is 26.2 Å². The standard InChI is InChI=1S/C35H42N2O4/c1-5-16-36-17-15-35(29-11-8-12-31(39)19-29)21-30(20-33(32(35)23-36)41-25(4)38)37(22-24(2)3)34(40)28-14-13-26-9-6-7-10-27(26)18-28/h5-14,18-19,24,30,32-33,39H,1,15-17,20-23H2,2-4H3/t30-,32-,33?,35-/m0/s1. The molecule has 1 N–H and O–H groups in total. The van der Waals surface area contributed by atoms with E-state index in [4.69, 9.17) is 4.74 Å². The molecule has 4 atom stereocenters. The highest BCUT2D eigenvalue weighted by molar-refractivity contribution is 5.98. The number of esters is 1.